The first-order valence-corrected chi connectivity index (χ1v) is 10.2. The van der Waals surface area contributed by atoms with E-state index in [1.54, 1.807) is 13.8 Å². The number of hydrogen-bond acceptors (Lipinski definition) is 6. The van der Waals surface area contributed by atoms with Gasteiger partial charge in [-0.1, -0.05) is 6.08 Å². The van der Waals surface area contributed by atoms with Gasteiger partial charge >= 0.3 is 5.97 Å². The van der Waals surface area contributed by atoms with Crippen LogP contribution in [-0.4, -0.2) is 56.8 Å². The first-order valence-electron chi connectivity index (χ1n) is 8.73. The lowest BCUT2D eigenvalue weighted by molar-refractivity contribution is 0.0599. The summed E-state index contributed by atoms with van der Waals surface area (Å²) in [5, 5.41) is 0. The lowest BCUT2D eigenvalue weighted by Crippen LogP contribution is -2.36. The summed E-state index contributed by atoms with van der Waals surface area (Å²) in [7, 11) is -1.21. The maximum atomic E-state index is 13.0. The lowest BCUT2D eigenvalue weighted by atomic mass is 10.1. The fraction of sp³-hybridized carbons (Fsp3) is 0.300. The molecule has 8 nitrogen and oxygen atoms in total. The number of benzene rings is 1. The van der Waals surface area contributed by atoms with E-state index in [-0.39, 0.29) is 22.7 Å². The molecule has 0 aliphatic carbocycles. The van der Waals surface area contributed by atoms with Crippen molar-refractivity contribution in [1.29, 1.82) is 0 Å². The van der Waals surface area contributed by atoms with Crippen LogP contribution in [-0.2, 0) is 14.8 Å². The van der Waals surface area contributed by atoms with Crippen LogP contribution in [0.5, 0.6) is 5.75 Å². The predicted molar refractivity (Wildman–Crippen MR) is 108 cm³/mol. The molecular weight excluding hydrogens is 396 g/mol. The zero-order chi connectivity index (χ0) is 21.8. The van der Waals surface area contributed by atoms with Crippen LogP contribution in [0.1, 0.15) is 32.1 Å². The van der Waals surface area contributed by atoms with Crippen LogP contribution in [0.25, 0.3) is 0 Å². The number of nitrogens with zero attached hydrogens (tertiary/aromatic N) is 1. The molecule has 0 aliphatic heterocycles. The van der Waals surface area contributed by atoms with E-state index < -0.39 is 28.3 Å². The molecule has 156 valence electrons. The summed E-state index contributed by atoms with van der Waals surface area (Å²) in [5.74, 6) is -0.521. The average molecular weight is 420 g/mol. The highest BCUT2D eigenvalue weighted by Gasteiger charge is 2.29. The number of aromatic amines is 1. The van der Waals surface area contributed by atoms with Gasteiger partial charge in [0.2, 0.25) is 10.0 Å². The Morgan fingerprint density at radius 2 is 1.79 bits per heavy atom. The average Bonchev–Trinajstić information content (AvgIpc) is 3.01. The van der Waals surface area contributed by atoms with Gasteiger partial charge in [0.05, 0.1) is 36.9 Å². The topological polar surface area (TPSA) is 106 Å². The molecule has 0 fully saturated rings. The summed E-state index contributed by atoms with van der Waals surface area (Å²) in [6.45, 7) is 6.37. The van der Waals surface area contributed by atoms with E-state index in [1.807, 2.05) is 0 Å². The van der Waals surface area contributed by atoms with E-state index in [9.17, 15) is 18.0 Å². The van der Waals surface area contributed by atoms with Gasteiger partial charge < -0.3 is 14.5 Å². The highest BCUT2D eigenvalue weighted by atomic mass is 32.2. The van der Waals surface area contributed by atoms with Crippen LogP contribution in [0.3, 0.4) is 0 Å². The van der Waals surface area contributed by atoms with E-state index in [2.05, 4.69) is 11.6 Å². The number of aryl methyl sites for hydroxylation is 1. The maximum Gasteiger partial charge on any atom is 0.339 e. The Bertz CT molecular complexity index is 1020. The number of H-pyrrole nitrogens is 1. The second kappa shape index (κ2) is 9.06. The molecular formula is C20H24N2O6S. The van der Waals surface area contributed by atoms with Crippen molar-refractivity contribution in [3.63, 3.8) is 0 Å². The molecule has 2 aromatic rings. The first kappa shape index (κ1) is 22.4. The van der Waals surface area contributed by atoms with Gasteiger partial charge in [-0.3, -0.25) is 4.79 Å². The van der Waals surface area contributed by atoms with Gasteiger partial charge in [0, 0.05) is 12.2 Å². The summed E-state index contributed by atoms with van der Waals surface area (Å²) in [6, 6.07) is 5.88. The Hall–Kier alpha value is -2.91. The van der Waals surface area contributed by atoms with Crippen LogP contribution in [0.2, 0.25) is 0 Å². The molecule has 1 heterocycles. The number of ketones is 1. The minimum Gasteiger partial charge on any atom is -0.497 e. The standard InChI is InChI=1S/C20H24N2O6S/c1-6-11-22(29(25,26)16-9-7-15(27-4)8-10-16)12-17(23)19-13(2)18(14(3)21-19)20(24)28-5/h6-10,21H,1,11-12H2,2-5H3. The van der Waals surface area contributed by atoms with E-state index >= 15 is 0 Å². The summed E-state index contributed by atoms with van der Waals surface area (Å²) in [6.07, 6.45) is 1.40. The largest absolute Gasteiger partial charge is 0.497 e. The second-order valence-electron chi connectivity index (χ2n) is 6.30. The smallest absolute Gasteiger partial charge is 0.339 e. The van der Waals surface area contributed by atoms with Crippen LogP contribution in [0.15, 0.2) is 41.8 Å². The van der Waals surface area contributed by atoms with Gasteiger partial charge in [0.1, 0.15) is 5.75 Å². The molecule has 0 saturated heterocycles. The summed E-state index contributed by atoms with van der Waals surface area (Å²) in [4.78, 5) is 27.7. The predicted octanol–water partition coefficient (Wildman–Crippen LogP) is 2.49. The van der Waals surface area contributed by atoms with E-state index in [0.717, 1.165) is 4.31 Å². The van der Waals surface area contributed by atoms with Crippen LogP contribution >= 0.6 is 0 Å². The molecule has 0 bridgehead atoms. The van der Waals surface area contributed by atoms with Gasteiger partial charge in [0.25, 0.3) is 0 Å². The summed E-state index contributed by atoms with van der Waals surface area (Å²) in [5.41, 5.74) is 1.33. The monoisotopic (exact) mass is 420 g/mol. The Kier molecular flexibility index (Phi) is 6.99. The zero-order valence-electron chi connectivity index (χ0n) is 16.8. The molecule has 0 aliphatic rings. The number of hydrogen-bond donors (Lipinski definition) is 1. The second-order valence-corrected chi connectivity index (χ2v) is 8.24. The zero-order valence-corrected chi connectivity index (χ0v) is 17.6. The molecule has 0 atom stereocenters. The van der Waals surface area contributed by atoms with Crippen molar-refractivity contribution < 1.29 is 27.5 Å². The Morgan fingerprint density at radius 1 is 1.17 bits per heavy atom. The molecule has 2 rings (SSSR count). The number of methoxy groups -OCH3 is 2. The fourth-order valence-electron chi connectivity index (χ4n) is 2.96. The molecule has 1 N–H and O–H groups in total. The molecule has 29 heavy (non-hydrogen) atoms. The Balaban J connectivity index is 2.36. The number of carbonyl (C=O) groups excluding carboxylic acids is 2. The third-order valence-electron chi connectivity index (χ3n) is 4.46. The minimum absolute atomic E-state index is 0.0302. The van der Waals surface area contributed by atoms with Crippen molar-refractivity contribution in [3.05, 3.63) is 59.4 Å². The molecule has 1 aromatic heterocycles. The van der Waals surface area contributed by atoms with Crippen molar-refractivity contribution >= 4 is 21.8 Å². The van der Waals surface area contributed by atoms with Crippen LogP contribution < -0.4 is 4.74 Å². The Labute approximate surface area is 170 Å². The number of rotatable bonds is 9. The van der Waals surface area contributed by atoms with Gasteiger partial charge in [-0.15, -0.1) is 6.58 Å². The number of nitrogens with one attached hydrogen (secondary N) is 1. The number of carbonyl (C=O) groups is 2. The maximum absolute atomic E-state index is 13.0. The van der Waals surface area contributed by atoms with Crippen molar-refractivity contribution in [2.24, 2.45) is 0 Å². The Morgan fingerprint density at radius 3 is 2.31 bits per heavy atom. The quantitative estimate of drug-likeness (QED) is 0.380. The van der Waals surface area contributed by atoms with Crippen molar-refractivity contribution in [1.82, 2.24) is 9.29 Å². The van der Waals surface area contributed by atoms with Gasteiger partial charge in [0.15, 0.2) is 5.78 Å². The number of esters is 1. The molecule has 1 aromatic carbocycles. The number of Topliss-reactive ketones (excluding diaryl/α,β-unsaturated/α-hetero) is 1. The van der Waals surface area contributed by atoms with Crippen LogP contribution in [0, 0.1) is 13.8 Å². The van der Waals surface area contributed by atoms with Crippen molar-refractivity contribution in [2.45, 2.75) is 18.7 Å². The first-order chi connectivity index (χ1) is 13.7. The third-order valence-corrected chi connectivity index (χ3v) is 6.28. The number of sulfonamides is 1. The van der Waals surface area contributed by atoms with E-state index in [1.165, 1.54) is 44.6 Å². The van der Waals surface area contributed by atoms with Crippen molar-refractivity contribution in [3.8, 4) is 5.75 Å². The number of ether oxygens (including phenoxy) is 2. The SMILES string of the molecule is C=CCN(CC(=O)c1[nH]c(C)c(C(=O)OC)c1C)S(=O)(=O)c1ccc(OC)cc1. The summed E-state index contributed by atoms with van der Waals surface area (Å²) >= 11 is 0. The molecule has 9 heteroatoms. The molecule has 0 spiro atoms. The minimum atomic E-state index is -3.95. The van der Waals surface area contributed by atoms with E-state index in [0.29, 0.717) is 17.0 Å². The third kappa shape index (κ3) is 4.57. The summed E-state index contributed by atoms with van der Waals surface area (Å²) < 4.78 is 36.8. The van der Waals surface area contributed by atoms with Crippen LogP contribution in [0.4, 0.5) is 0 Å². The normalized spacial score (nSPS) is 11.3. The molecule has 0 radical (unpaired) electrons. The van der Waals surface area contributed by atoms with Gasteiger partial charge in [-0.05, 0) is 43.7 Å². The molecule has 0 unspecified atom stereocenters. The molecule has 0 amide bonds. The van der Waals surface area contributed by atoms with Gasteiger partial charge in [-0.25, -0.2) is 13.2 Å². The fourth-order valence-corrected chi connectivity index (χ4v) is 4.33. The lowest BCUT2D eigenvalue weighted by Gasteiger charge is -2.20. The van der Waals surface area contributed by atoms with E-state index in [4.69, 9.17) is 9.47 Å². The highest BCUT2D eigenvalue weighted by Crippen LogP contribution is 2.22. The van der Waals surface area contributed by atoms with Gasteiger partial charge in [-0.2, -0.15) is 4.31 Å². The van der Waals surface area contributed by atoms with Crippen molar-refractivity contribution in [2.75, 3.05) is 27.3 Å². The number of aromatic nitrogens is 1. The highest BCUT2D eigenvalue weighted by molar-refractivity contribution is 7.89. The molecule has 0 saturated carbocycles.